The van der Waals surface area contributed by atoms with E-state index in [4.69, 9.17) is 11.6 Å². The van der Waals surface area contributed by atoms with Gasteiger partial charge in [0.15, 0.2) is 11.5 Å². The van der Waals surface area contributed by atoms with Crippen LogP contribution in [0.1, 0.15) is 5.56 Å². The quantitative estimate of drug-likeness (QED) is 0.672. The van der Waals surface area contributed by atoms with Crippen molar-refractivity contribution in [2.45, 2.75) is 6.18 Å². The average molecular weight is 393 g/mol. The predicted octanol–water partition coefficient (Wildman–Crippen LogP) is 4.53. The summed E-state index contributed by atoms with van der Waals surface area (Å²) in [5.41, 5.74) is 0.371. The minimum absolute atomic E-state index is 0.0898. The number of H-pyrrole nitrogens is 1. The van der Waals surface area contributed by atoms with Crippen LogP contribution in [0.15, 0.2) is 29.3 Å². The highest BCUT2D eigenvalue weighted by Crippen LogP contribution is 2.39. The summed E-state index contributed by atoms with van der Waals surface area (Å²) >= 11 is 9.04. The van der Waals surface area contributed by atoms with Gasteiger partial charge >= 0.3 is 6.18 Å². The Morgan fingerprint density at radius 1 is 1.18 bits per heavy atom. The number of rotatable bonds is 2. The lowest BCUT2D eigenvalue weighted by molar-refractivity contribution is -0.137. The van der Waals surface area contributed by atoms with Gasteiger partial charge in [0, 0.05) is 4.47 Å². The molecule has 0 radical (unpaired) electrons. The topological polar surface area (TPSA) is 66.5 Å². The Labute approximate surface area is 135 Å². The summed E-state index contributed by atoms with van der Waals surface area (Å²) in [6, 6.07) is 1.79. The molecule has 0 fully saturated rings. The zero-order valence-electron chi connectivity index (χ0n) is 10.5. The molecule has 0 aliphatic carbocycles. The lowest BCUT2D eigenvalue weighted by Crippen LogP contribution is -2.06. The summed E-state index contributed by atoms with van der Waals surface area (Å²) in [4.78, 5) is 14.8. The maximum atomic E-state index is 12.7. The maximum absolute atomic E-state index is 12.7. The summed E-state index contributed by atoms with van der Waals surface area (Å²) in [6.45, 7) is 0. The number of aromatic amines is 1. The highest BCUT2D eigenvalue weighted by atomic mass is 79.9. The van der Waals surface area contributed by atoms with Crippen molar-refractivity contribution in [3.8, 4) is 0 Å². The van der Waals surface area contributed by atoms with Crippen LogP contribution in [-0.2, 0) is 6.18 Å². The first kappa shape index (κ1) is 15.0. The Hall–Kier alpha value is -1.87. The van der Waals surface area contributed by atoms with Crippen molar-refractivity contribution >= 4 is 50.2 Å². The van der Waals surface area contributed by atoms with Gasteiger partial charge in [-0.1, -0.05) is 11.6 Å². The van der Waals surface area contributed by atoms with Gasteiger partial charge in [-0.05, 0) is 28.1 Å². The minimum atomic E-state index is -4.48. The minimum Gasteiger partial charge on any atom is -0.340 e. The molecule has 0 saturated heterocycles. The van der Waals surface area contributed by atoms with E-state index in [-0.39, 0.29) is 15.2 Å². The SMILES string of the molecule is FC(F)(F)c1cc(Cl)c(Nc2ncnc3nc[nH]c23)c(Br)c1. The van der Waals surface area contributed by atoms with Gasteiger partial charge < -0.3 is 10.3 Å². The molecule has 0 amide bonds. The molecule has 2 N–H and O–H groups in total. The number of hydrogen-bond donors (Lipinski definition) is 2. The molecule has 22 heavy (non-hydrogen) atoms. The molecule has 1 aromatic carbocycles. The van der Waals surface area contributed by atoms with Gasteiger partial charge in [-0.3, -0.25) is 0 Å². The fraction of sp³-hybridized carbons (Fsp3) is 0.0833. The van der Waals surface area contributed by atoms with Crippen LogP contribution in [0.3, 0.4) is 0 Å². The number of nitrogens with zero attached hydrogens (tertiary/aromatic N) is 3. The number of alkyl halides is 3. The monoisotopic (exact) mass is 391 g/mol. The third kappa shape index (κ3) is 2.73. The number of fused-ring (bicyclic) bond motifs is 1. The van der Waals surface area contributed by atoms with E-state index >= 15 is 0 Å². The second kappa shape index (κ2) is 5.40. The Morgan fingerprint density at radius 3 is 2.64 bits per heavy atom. The first-order valence-electron chi connectivity index (χ1n) is 5.83. The van der Waals surface area contributed by atoms with Crippen molar-refractivity contribution in [1.82, 2.24) is 19.9 Å². The Balaban J connectivity index is 2.04. The van der Waals surface area contributed by atoms with Gasteiger partial charge in [0.05, 0.1) is 22.6 Å². The molecule has 2 heterocycles. The van der Waals surface area contributed by atoms with Crippen LogP contribution in [0.4, 0.5) is 24.7 Å². The largest absolute Gasteiger partial charge is 0.416 e. The van der Waals surface area contributed by atoms with Gasteiger partial charge in [-0.25, -0.2) is 15.0 Å². The standard InChI is InChI=1S/C12H6BrClF3N5/c13-6-1-5(12(15,16)17)2-7(14)8(6)22-11-9-10(19-3-18-9)20-4-21-11/h1-4H,(H2,18,19,20,21,22). The summed E-state index contributed by atoms with van der Waals surface area (Å²) in [7, 11) is 0. The van der Waals surface area contributed by atoms with Crippen LogP contribution >= 0.6 is 27.5 Å². The predicted molar refractivity (Wildman–Crippen MR) is 79.1 cm³/mol. The van der Waals surface area contributed by atoms with E-state index < -0.39 is 11.7 Å². The Morgan fingerprint density at radius 2 is 1.95 bits per heavy atom. The molecule has 114 valence electrons. The summed E-state index contributed by atoms with van der Waals surface area (Å²) in [6.07, 6.45) is -1.75. The van der Waals surface area contributed by atoms with Gasteiger partial charge in [0.1, 0.15) is 11.8 Å². The number of halogens is 5. The van der Waals surface area contributed by atoms with E-state index in [1.165, 1.54) is 12.7 Å². The number of imidazole rings is 1. The van der Waals surface area contributed by atoms with Crippen LogP contribution in [0.2, 0.25) is 5.02 Å². The molecule has 10 heteroatoms. The van der Waals surface area contributed by atoms with Gasteiger partial charge in [0.2, 0.25) is 0 Å². The van der Waals surface area contributed by atoms with Crippen LogP contribution in [0, 0.1) is 0 Å². The highest BCUT2D eigenvalue weighted by molar-refractivity contribution is 9.10. The molecule has 3 aromatic rings. The highest BCUT2D eigenvalue weighted by Gasteiger charge is 2.32. The molecule has 0 spiro atoms. The van der Waals surface area contributed by atoms with E-state index in [1.807, 2.05) is 0 Å². The van der Waals surface area contributed by atoms with E-state index in [2.05, 4.69) is 41.2 Å². The molecule has 2 aromatic heterocycles. The number of hydrogen-bond acceptors (Lipinski definition) is 4. The molecule has 0 aliphatic rings. The Bertz CT molecular complexity index is 825. The zero-order chi connectivity index (χ0) is 15.9. The number of anilines is 2. The van der Waals surface area contributed by atoms with Crippen molar-refractivity contribution in [3.63, 3.8) is 0 Å². The molecule has 3 rings (SSSR count). The van der Waals surface area contributed by atoms with Crippen LogP contribution in [0.5, 0.6) is 0 Å². The summed E-state index contributed by atoms with van der Waals surface area (Å²) < 4.78 is 38.4. The molecular weight excluding hydrogens is 387 g/mol. The first-order chi connectivity index (χ1) is 10.4. The number of nitrogens with one attached hydrogen (secondary N) is 2. The van der Waals surface area contributed by atoms with Crippen LogP contribution in [0.25, 0.3) is 11.2 Å². The van der Waals surface area contributed by atoms with Gasteiger partial charge in [-0.2, -0.15) is 13.2 Å². The third-order valence-corrected chi connectivity index (χ3v) is 3.76. The van der Waals surface area contributed by atoms with E-state index in [0.29, 0.717) is 17.0 Å². The molecule has 0 unspecified atom stereocenters. The maximum Gasteiger partial charge on any atom is 0.416 e. The first-order valence-corrected chi connectivity index (χ1v) is 7.00. The van der Waals surface area contributed by atoms with Crippen molar-refractivity contribution in [2.75, 3.05) is 5.32 Å². The van der Waals surface area contributed by atoms with Crippen LogP contribution < -0.4 is 5.32 Å². The number of benzene rings is 1. The lowest BCUT2D eigenvalue weighted by Gasteiger charge is -2.13. The molecule has 0 atom stereocenters. The van der Waals surface area contributed by atoms with Crippen molar-refractivity contribution in [1.29, 1.82) is 0 Å². The summed E-state index contributed by atoms with van der Waals surface area (Å²) in [5.74, 6) is 0.352. The fourth-order valence-electron chi connectivity index (χ4n) is 1.83. The third-order valence-electron chi connectivity index (χ3n) is 2.84. The van der Waals surface area contributed by atoms with Gasteiger partial charge in [0.25, 0.3) is 0 Å². The van der Waals surface area contributed by atoms with Crippen molar-refractivity contribution in [2.24, 2.45) is 0 Å². The van der Waals surface area contributed by atoms with E-state index in [1.54, 1.807) is 0 Å². The molecular formula is C12H6BrClF3N5. The van der Waals surface area contributed by atoms with Crippen molar-refractivity contribution < 1.29 is 13.2 Å². The lowest BCUT2D eigenvalue weighted by atomic mass is 10.2. The normalized spacial score (nSPS) is 11.9. The second-order valence-electron chi connectivity index (χ2n) is 4.26. The molecule has 5 nitrogen and oxygen atoms in total. The second-order valence-corrected chi connectivity index (χ2v) is 5.52. The average Bonchev–Trinajstić information content (AvgIpc) is 2.90. The number of aromatic nitrogens is 4. The summed E-state index contributed by atoms with van der Waals surface area (Å²) in [5, 5.41) is 2.79. The van der Waals surface area contributed by atoms with E-state index in [9.17, 15) is 13.2 Å². The van der Waals surface area contributed by atoms with Crippen LogP contribution in [-0.4, -0.2) is 19.9 Å². The van der Waals surface area contributed by atoms with E-state index in [0.717, 1.165) is 12.1 Å². The molecule has 0 saturated carbocycles. The fourth-order valence-corrected chi connectivity index (χ4v) is 2.77. The molecule has 0 aliphatic heterocycles. The zero-order valence-corrected chi connectivity index (χ0v) is 12.9. The Kier molecular flexibility index (Phi) is 3.69. The molecule has 0 bridgehead atoms. The van der Waals surface area contributed by atoms with Gasteiger partial charge in [-0.15, -0.1) is 0 Å². The van der Waals surface area contributed by atoms with Crippen molar-refractivity contribution in [3.05, 3.63) is 39.8 Å². The smallest absolute Gasteiger partial charge is 0.340 e.